The average molecular weight is 997 g/mol. The van der Waals surface area contributed by atoms with E-state index in [1.807, 2.05) is 24.3 Å². The standard InChI is InChI=1S/C70H43F3N4/c1-42-35-45(70(71,72)73)30-32-48(42)44-29-34-65(77-64-28-16-13-24-52(64)59-39-58-51-23-11-14-26-62(51)75(67(58)41-68(59)77)46-19-7-4-8-20-46)56(36-44)55-37-47(31-33-61(55)74-2)76-63-27-15-12-22-50(63)57-38-54-49-21-9-10-25-53(49)69(60(54)40-66(57)76)43-17-5-3-6-18-43/h3-41,69H,1H3. The van der Waals surface area contributed by atoms with Crippen molar-refractivity contribution in [1.82, 2.24) is 13.7 Å². The number of rotatable bonds is 6. The van der Waals surface area contributed by atoms with Crippen LogP contribution in [0.5, 0.6) is 0 Å². The number of benzene rings is 11. The minimum absolute atomic E-state index is 0.0404. The molecule has 15 rings (SSSR count). The Balaban J connectivity index is 1.01. The van der Waals surface area contributed by atoms with Crippen LogP contribution in [0.3, 0.4) is 0 Å². The third kappa shape index (κ3) is 6.72. The molecule has 1 aliphatic rings. The van der Waals surface area contributed by atoms with Crippen molar-refractivity contribution >= 4 is 71.1 Å². The number of nitrogens with zero attached hydrogens (tertiary/aromatic N) is 4. The fraction of sp³-hybridized carbons (Fsp3) is 0.0429. The second kappa shape index (κ2) is 16.8. The number of aromatic nitrogens is 3. The van der Waals surface area contributed by atoms with Crippen LogP contribution < -0.4 is 0 Å². The second-order valence-corrected chi connectivity index (χ2v) is 20.2. The van der Waals surface area contributed by atoms with Gasteiger partial charge >= 0.3 is 6.18 Å². The molecular weight excluding hydrogens is 954 g/mol. The lowest BCUT2D eigenvalue weighted by molar-refractivity contribution is -0.137. The highest BCUT2D eigenvalue weighted by molar-refractivity contribution is 6.20. The van der Waals surface area contributed by atoms with Crippen molar-refractivity contribution in [2.24, 2.45) is 0 Å². The van der Waals surface area contributed by atoms with Gasteiger partial charge in [0.05, 0.1) is 50.9 Å². The molecule has 0 saturated heterocycles. The molecule has 1 atom stereocenters. The fourth-order valence-corrected chi connectivity index (χ4v) is 12.7. The molecule has 0 amide bonds. The molecule has 11 aromatic carbocycles. The third-order valence-corrected chi connectivity index (χ3v) is 16.1. The smallest absolute Gasteiger partial charge is 0.309 e. The van der Waals surface area contributed by atoms with Crippen LogP contribution in [0, 0.1) is 13.5 Å². The third-order valence-electron chi connectivity index (χ3n) is 16.1. The molecular formula is C70H43F3N4. The van der Waals surface area contributed by atoms with E-state index in [0.717, 1.165) is 99.7 Å². The monoisotopic (exact) mass is 996 g/mol. The molecule has 4 nitrogen and oxygen atoms in total. The van der Waals surface area contributed by atoms with Gasteiger partial charge in [-0.1, -0.05) is 146 Å². The van der Waals surface area contributed by atoms with Gasteiger partial charge in [-0.25, -0.2) is 4.85 Å². The van der Waals surface area contributed by atoms with Gasteiger partial charge in [0, 0.05) is 49.6 Å². The van der Waals surface area contributed by atoms with Crippen LogP contribution in [0.4, 0.5) is 18.9 Å². The fourth-order valence-electron chi connectivity index (χ4n) is 12.7. The van der Waals surface area contributed by atoms with Crippen LogP contribution >= 0.6 is 0 Å². The zero-order chi connectivity index (χ0) is 51.7. The Kier molecular flexibility index (Phi) is 9.73. The van der Waals surface area contributed by atoms with Crippen molar-refractivity contribution in [3.8, 4) is 50.4 Å². The van der Waals surface area contributed by atoms with E-state index in [-0.39, 0.29) is 5.92 Å². The van der Waals surface area contributed by atoms with Gasteiger partial charge in [0.2, 0.25) is 0 Å². The summed E-state index contributed by atoms with van der Waals surface area (Å²) in [6.45, 7) is 10.5. The maximum absolute atomic E-state index is 14.2. The summed E-state index contributed by atoms with van der Waals surface area (Å²) in [5.41, 5.74) is 18.3. The molecule has 0 bridgehead atoms. The van der Waals surface area contributed by atoms with E-state index in [9.17, 15) is 13.2 Å². The van der Waals surface area contributed by atoms with Crippen LogP contribution in [-0.4, -0.2) is 13.7 Å². The summed E-state index contributed by atoms with van der Waals surface area (Å²) in [6.07, 6.45) is -4.49. The SMILES string of the molecule is [C-]#[N+]c1ccc(-n2c3ccccc3c3cc4c(cc32)C(c2ccccc2)c2ccccc2-4)cc1-c1cc(-c2ccc(C(F)(F)F)cc2C)ccc1-n1c2ccccc2c2cc3c4ccccc4n(-c4ccccc4)c3cc21. The minimum Gasteiger partial charge on any atom is -0.309 e. The number of para-hydroxylation sites is 4. The van der Waals surface area contributed by atoms with Crippen molar-refractivity contribution in [3.05, 3.63) is 276 Å². The number of hydrogen-bond acceptors (Lipinski definition) is 0. The van der Waals surface area contributed by atoms with E-state index in [4.69, 9.17) is 6.57 Å². The van der Waals surface area contributed by atoms with Crippen LogP contribution in [0.2, 0.25) is 0 Å². The van der Waals surface area contributed by atoms with Gasteiger partial charge in [-0.2, -0.15) is 13.2 Å². The highest BCUT2D eigenvalue weighted by atomic mass is 19.4. The molecule has 364 valence electrons. The van der Waals surface area contributed by atoms with Crippen molar-refractivity contribution < 1.29 is 13.2 Å². The molecule has 1 aliphatic carbocycles. The normalized spacial score (nSPS) is 13.3. The van der Waals surface area contributed by atoms with E-state index in [0.29, 0.717) is 22.4 Å². The predicted octanol–water partition coefficient (Wildman–Crippen LogP) is 19.4. The summed E-state index contributed by atoms with van der Waals surface area (Å²) < 4.78 is 49.4. The first-order valence-electron chi connectivity index (χ1n) is 25.8. The van der Waals surface area contributed by atoms with Gasteiger partial charge in [0.25, 0.3) is 0 Å². The topological polar surface area (TPSA) is 19.1 Å². The largest absolute Gasteiger partial charge is 0.416 e. The highest BCUT2D eigenvalue weighted by Gasteiger charge is 2.33. The number of halogens is 3. The van der Waals surface area contributed by atoms with Crippen LogP contribution in [0.25, 0.3) is 121 Å². The Bertz CT molecular complexity index is 4820. The van der Waals surface area contributed by atoms with Crippen molar-refractivity contribution in [3.63, 3.8) is 0 Å². The summed E-state index contributed by atoms with van der Waals surface area (Å²) in [5, 5.41) is 6.67. The van der Waals surface area contributed by atoms with E-state index < -0.39 is 11.7 Å². The first-order chi connectivity index (χ1) is 37.7. The predicted molar refractivity (Wildman–Crippen MR) is 309 cm³/mol. The molecule has 77 heavy (non-hydrogen) atoms. The highest BCUT2D eigenvalue weighted by Crippen LogP contribution is 2.51. The maximum atomic E-state index is 14.2. The Morgan fingerprint density at radius 3 is 1.65 bits per heavy atom. The zero-order valence-electron chi connectivity index (χ0n) is 41.5. The lowest BCUT2D eigenvalue weighted by Crippen LogP contribution is -2.05. The molecule has 3 heterocycles. The number of alkyl halides is 3. The first-order valence-corrected chi connectivity index (χ1v) is 25.8. The summed E-state index contributed by atoms with van der Waals surface area (Å²) in [4.78, 5) is 4.23. The molecule has 1 unspecified atom stereocenters. The van der Waals surface area contributed by atoms with Gasteiger partial charge in [0.1, 0.15) is 0 Å². The molecule has 7 heteroatoms. The lowest BCUT2D eigenvalue weighted by atomic mass is 9.89. The van der Waals surface area contributed by atoms with Gasteiger partial charge < -0.3 is 13.7 Å². The molecule has 0 radical (unpaired) electrons. The van der Waals surface area contributed by atoms with Crippen LogP contribution in [0.15, 0.2) is 237 Å². The Labute approximate surface area is 441 Å². The Morgan fingerprint density at radius 2 is 0.974 bits per heavy atom. The molecule has 0 fully saturated rings. The molecule has 0 N–H and O–H groups in total. The van der Waals surface area contributed by atoms with Crippen LogP contribution in [-0.2, 0) is 6.18 Å². The van der Waals surface area contributed by atoms with Gasteiger partial charge in [-0.15, -0.1) is 0 Å². The minimum atomic E-state index is -4.49. The average Bonchev–Trinajstić information content (AvgIpc) is 4.40. The van der Waals surface area contributed by atoms with E-state index in [2.05, 4.69) is 213 Å². The summed E-state index contributed by atoms with van der Waals surface area (Å²) in [5.74, 6) is 0.0404. The number of hydrogen-bond donors (Lipinski definition) is 0. The van der Waals surface area contributed by atoms with Crippen molar-refractivity contribution in [1.29, 1.82) is 0 Å². The lowest BCUT2D eigenvalue weighted by Gasteiger charge is -2.19. The van der Waals surface area contributed by atoms with Gasteiger partial charge in [0.15, 0.2) is 5.69 Å². The Morgan fingerprint density at radius 1 is 0.390 bits per heavy atom. The summed E-state index contributed by atoms with van der Waals surface area (Å²) >= 11 is 0. The Hall–Kier alpha value is -9.90. The van der Waals surface area contributed by atoms with Gasteiger partial charge in [-0.05, 0) is 154 Å². The van der Waals surface area contributed by atoms with E-state index in [1.54, 1.807) is 13.0 Å². The maximum Gasteiger partial charge on any atom is 0.416 e. The quantitative estimate of drug-likeness (QED) is 0.148. The van der Waals surface area contributed by atoms with E-state index >= 15 is 0 Å². The van der Waals surface area contributed by atoms with E-state index in [1.165, 1.54) is 33.9 Å². The van der Waals surface area contributed by atoms with Gasteiger partial charge in [-0.3, -0.25) is 0 Å². The number of fused-ring (bicyclic) bond motifs is 12. The molecule has 14 aromatic rings. The van der Waals surface area contributed by atoms with Crippen LogP contribution in [0.1, 0.15) is 33.7 Å². The van der Waals surface area contributed by atoms with Crippen molar-refractivity contribution in [2.75, 3.05) is 0 Å². The molecule has 0 aliphatic heterocycles. The zero-order valence-corrected chi connectivity index (χ0v) is 41.5. The summed E-state index contributed by atoms with van der Waals surface area (Å²) in [6, 6.07) is 80.9. The first kappa shape index (κ1) is 44.6. The molecule has 0 saturated carbocycles. The molecule has 0 spiro atoms. The number of aryl methyl sites for hydroxylation is 1. The second-order valence-electron chi connectivity index (χ2n) is 20.2. The molecule has 3 aromatic heterocycles. The summed E-state index contributed by atoms with van der Waals surface area (Å²) in [7, 11) is 0. The van der Waals surface area contributed by atoms with Crippen molar-refractivity contribution in [2.45, 2.75) is 19.0 Å².